The molecular weight excluding hydrogens is 239 g/mol. The average Bonchev–Trinajstić information content (AvgIpc) is 2.93. The van der Waals surface area contributed by atoms with Gasteiger partial charge in [0.05, 0.1) is 17.5 Å². The van der Waals surface area contributed by atoms with Crippen molar-refractivity contribution >= 4 is 12.1 Å². The van der Waals surface area contributed by atoms with Crippen molar-refractivity contribution in [1.82, 2.24) is 25.4 Å². The van der Waals surface area contributed by atoms with Gasteiger partial charge in [0.25, 0.3) is 5.91 Å². The van der Waals surface area contributed by atoms with Crippen LogP contribution in [-0.2, 0) is 7.05 Å². The van der Waals surface area contributed by atoms with Gasteiger partial charge in [0, 0.05) is 13.2 Å². The molecule has 94 valence electrons. The number of hydrogen-bond donors (Lipinski definition) is 2. The summed E-state index contributed by atoms with van der Waals surface area (Å²) in [5.41, 5.74) is 3.26. The number of aryl methyl sites for hydroxylation is 2. The number of nitrogens with one attached hydrogen (secondary N) is 2. The normalized spacial score (nSPS) is 11.1. The number of rotatable bonds is 3. The predicted octanol–water partition coefficient (Wildman–Crippen LogP) is 0.355. The maximum atomic E-state index is 13.5. The molecule has 0 fully saturated rings. The van der Waals surface area contributed by atoms with Crippen LogP contribution in [0.2, 0.25) is 0 Å². The van der Waals surface area contributed by atoms with E-state index in [1.165, 1.54) is 25.5 Å². The monoisotopic (exact) mass is 250 g/mol. The number of aromatic amines is 1. The molecule has 2 heterocycles. The van der Waals surface area contributed by atoms with Crippen LogP contribution < -0.4 is 5.43 Å². The van der Waals surface area contributed by atoms with Crippen LogP contribution in [0.4, 0.5) is 4.39 Å². The molecule has 18 heavy (non-hydrogen) atoms. The Morgan fingerprint density at radius 3 is 3.00 bits per heavy atom. The Balaban J connectivity index is 2.06. The highest BCUT2D eigenvalue weighted by Crippen LogP contribution is 2.07. The summed E-state index contributed by atoms with van der Waals surface area (Å²) in [7, 11) is 1.49. The second-order valence-corrected chi connectivity index (χ2v) is 3.58. The Labute approximate surface area is 102 Å². The number of amides is 1. The van der Waals surface area contributed by atoms with E-state index in [0.717, 1.165) is 4.68 Å². The number of carbonyl (C=O) groups excluding carboxylic acids is 1. The van der Waals surface area contributed by atoms with Gasteiger partial charge < -0.3 is 0 Å². The Hall–Kier alpha value is -2.51. The van der Waals surface area contributed by atoms with Gasteiger partial charge in [0.15, 0.2) is 0 Å². The van der Waals surface area contributed by atoms with Crippen molar-refractivity contribution in [1.29, 1.82) is 0 Å². The van der Waals surface area contributed by atoms with Gasteiger partial charge in [0.1, 0.15) is 5.69 Å². The highest BCUT2D eigenvalue weighted by molar-refractivity contribution is 5.93. The highest BCUT2D eigenvalue weighted by atomic mass is 19.1. The van der Waals surface area contributed by atoms with Gasteiger partial charge in [-0.2, -0.15) is 19.7 Å². The van der Waals surface area contributed by atoms with E-state index >= 15 is 0 Å². The zero-order valence-electron chi connectivity index (χ0n) is 9.81. The molecule has 0 aliphatic rings. The average molecular weight is 250 g/mol. The summed E-state index contributed by atoms with van der Waals surface area (Å²) in [5.74, 6) is -0.960. The molecule has 0 spiro atoms. The third kappa shape index (κ3) is 2.26. The first-order valence-corrected chi connectivity index (χ1v) is 5.11. The molecule has 0 aliphatic carbocycles. The first-order valence-electron chi connectivity index (χ1n) is 5.11. The molecule has 8 heteroatoms. The van der Waals surface area contributed by atoms with Crippen molar-refractivity contribution in [3.8, 4) is 0 Å². The van der Waals surface area contributed by atoms with E-state index in [2.05, 4.69) is 25.8 Å². The summed E-state index contributed by atoms with van der Waals surface area (Å²) in [6.07, 6.45) is 2.66. The molecule has 2 aromatic heterocycles. The molecule has 0 unspecified atom stereocenters. The Bertz CT molecular complexity index is 586. The lowest BCUT2D eigenvalue weighted by atomic mass is 10.3. The first-order chi connectivity index (χ1) is 8.59. The highest BCUT2D eigenvalue weighted by Gasteiger charge is 2.10. The van der Waals surface area contributed by atoms with E-state index in [-0.39, 0.29) is 11.3 Å². The molecule has 0 aliphatic heterocycles. The van der Waals surface area contributed by atoms with E-state index in [1.54, 1.807) is 6.92 Å². The van der Waals surface area contributed by atoms with E-state index in [9.17, 15) is 9.18 Å². The van der Waals surface area contributed by atoms with Crippen molar-refractivity contribution in [3.05, 3.63) is 35.2 Å². The molecule has 2 aromatic rings. The maximum Gasteiger partial charge on any atom is 0.289 e. The summed E-state index contributed by atoms with van der Waals surface area (Å²) < 4.78 is 14.6. The second kappa shape index (κ2) is 4.78. The molecule has 0 atom stereocenters. The number of aromatic nitrogens is 4. The number of carbonyl (C=O) groups is 1. The fraction of sp³-hybridized carbons (Fsp3) is 0.200. The summed E-state index contributed by atoms with van der Waals surface area (Å²) in [4.78, 5) is 11.5. The molecule has 7 nitrogen and oxygen atoms in total. The number of hydrogen-bond acceptors (Lipinski definition) is 4. The van der Waals surface area contributed by atoms with Crippen LogP contribution >= 0.6 is 0 Å². The van der Waals surface area contributed by atoms with Crippen LogP contribution in [-0.4, -0.2) is 32.1 Å². The van der Waals surface area contributed by atoms with Crippen molar-refractivity contribution in [2.45, 2.75) is 6.92 Å². The number of halogens is 1. The van der Waals surface area contributed by atoms with Crippen LogP contribution in [0, 0.1) is 12.9 Å². The zero-order chi connectivity index (χ0) is 13.1. The van der Waals surface area contributed by atoms with Gasteiger partial charge >= 0.3 is 0 Å². The van der Waals surface area contributed by atoms with E-state index in [0.29, 0.717) is 5.69 Å². The number of hydrazone groups is 1. The van der Waals surface area contributed by atoms with Gasteiger partial charge in [-0.15, -0.1) is 0 Å². The van der Waals surface area contributed by atoms with Crippen LogP contribution in [0.5, 0.6) is 0 Å². The van der Waals surface area contributed by atoms with Crippen LogP contribution in [0.1, 0.15) is 21.7 Å². The topological polar surface area (TPSA) is 88.0 Å². The van der Waals surface area contributed by atoms with E-state index < -0.39 is 11.9 Å². The lowest BCUT2D eigenvalue weighted by Crippen LogP contribution is -2.18. The maximum absolute atomic E-state index is 13.5. The SMILES string of the molecule is Cc1nn(C)c(F)c1C=NNC(=O)c1ccn[nH]1. The lowest BCUT2D eigenvalue weighted by molar-refractivity contribution is 0.0950. The molecule has 0 bridgehead atoms. The molecule has 1 amide bonds. The van der Waals surface area contributed by atoms with E-state index in [1.807, 2.05) is 0 Å². The molecule has 2 rings (SSSR count). The largest absolute Gasteiger partial charge is 0.289 e. The van der Waals surface area contributed by atoms with Gasteiger partial charge in [-0.05, 0) is 13.0 Å². The van der Waals surface area contributed by atoms with Gasteiger partial charge in [-0.1, -0.05) is 0 Å². The Morgan fingerprint density at radius 1 is 1.67 bits per heavy atom. The molecule has 2 N–H and O–H groups in total. The minimum Gasteiger partial charge on any atom is -0.273 e. The predicted molar refractivity (Wildman–Crippen MR) is 61.6 cm³/mol. The standard InChI is InChI=1S/C10H11FN6O/c1-6-7(9(11)17(2)16-6)5-13-15-10(18)8-3-4-12-14-8/h3-5H,1-2H3,(H,12,14)(H,15,18). The van der Waals surface area contributed by atoms with Crippen molar-refractivity contribution in [2.24, 2.45) is 12.1 Å². The van der Waals surface area contributed by atoms with Gasteiger partial charge in [-0.3, -0.25) is 9.89 Å². The molecule has 0 saturated carbocycles. The van der Waals surface area contributed by atoms with Gasteiger partial charge in [-0.25, -0.2) is 10.1 Å². The van der Waals surface area contributed by atoms with Crippen molar-refractivity contribution < 1.29 is 9.18 Å². The summed E-state index contributed by atoms with van der Waals surface area (Å²) in [6, 6.07) is 1.50. The fourth-order valence-electron chi connectivity index (χ4n) is 1.39. The van der Waals surface area contributed by atoms with Crippen LogP contribution in [0.25, 0.3) is 0 Å². The van der Waals surface area contributed by atoms with Crippen molar-refractivity contribution in [3.63, 3.8) is 0 Å². The summed E-state index contributed by atoms with van der Waals surface area (Å²) in [6.45, 7) is 1.65. The fourth-order valence-corrected chi connectivity index (χ4v) is 1.39. The quantitative estimate of drug-likeness (QED) is 0.608. The second-order valence-electron chi connectivity index (χ2n) is 3.58. The third-order valence-electron chi connectivity index (χ3n) is 2.30. The zero-order valence-corrected chi connectivity index (χ0v) is 9.81. The summed E-state index contributed by atoms with van der Waals surface area (Å²) >= 11 is 0. The molecule has 0 radical (unpaired) electrons. The minimum atomic E-state index is -0.507. The number of nitrogens with zero attached hydrogens (tertiary/aromatic N) is 4. The molecule has 0 aromatic carbocycles. The Kier molecular flexibility index (Phi) is 3.18. The van der Waals surface area contributed by atoms with Crippen molar-refractivity contribution in [2.75, 3.05) is 0 Å². The molecule has 0 saturated heterocycles. The van der Waals surface area contributed by atoms with Crippen LogP contribution in [0.3, 0.4) is 0 Å². The Morgan fingerprint density at radius 2 is 2.44 bits per heavy atom. The lowest BCUT2D eigenvalue weighted by Gasteiger charge is -1.95. The first kappa shape index (κ1) is 12.0. The smallest absolute Gasteiger partial charge is 0.273 e. The van der Waals surface area contributed by atoms with E-state index in [4.69, 9.17) is 0 Å². The third-order valence-corrected chi connectivity index (χ3v) is 2.30. The van der Waals surface area contributed by atoms with Gasteiger partial charge in [0.2, 0.25) is 5.95 Å². The summed E-state index contributed by atoms with van der Waals surface area (Å²) in [5, 5.41) is 13.7. The number of H-pyrrole nitrogens is 1. The minimum absolute atomic E-state index is 0.238. The van der Waals surface area contributed by atoms with Crippen LogP contribution in [0.15, 0.2) is 17.4 Å². The molecular formula is C10H11FN6O.